The zero-order valence-corrected chi connectivity index (χ0v) is 12.4. The maximum absolute atomic E-state index is 12.1. The highest BCUT2D eigenvalue weighted by atomic mass is 16.5. The molecule has 0 saturated carbocycles. The number of para-hydroxylation sites is 2. The molecular weight excluding hydrogens is 282 g/mol. The quantitative estimate of drug-likeness (QED) is 0.744. The zero-order valence-electron chi connectivity index (χ0n) is 12.4. The molecular formula is C16H17N3O3. The Morgan fingerprint density at radius 3 is 3.05 bits per heavy atom. The molecule has 22 heavy (non-hydrogen) atoms. The lowest BCUT2D eigenvalue weighted by Crippen LogP contribution is -2.30. The van der Waals surface area contributed by atoms with Crippen LogP contribution in [-0.4, -0.2) is 21.2 Å². The van der Waals surface area contributed by atoms with Gasteiger partial charge in [-0.05, 0) is 31.9 Å². The van der Waals surface area contributed by atoms with Crippen LogP contribution in [0, 0.1) is 6.92 Å². The minimum Gasteiger partial charge on any atom is -0.408 e. The molecule has 1 atom stereocenters. The maximum atomic E-state index is 12.1. The summed E-state index contributed by atoms with van der Waals surface area (Å²) >= 11 is 0. The van der Waals surface area contributed by atoms with Gasteiger partial charge in [-0.1, -0.05) is 17.3 Å². The molecule has 1 fully saturated rings. The predicted molar refractivity (Wildman–Crippen MR) is 80.4 cm³/mol. The molecule has 3 heterocycles. The molecule has 0 amide bonds. The molecule has 6 heteroatoms. The third-order valence-corrected chi connectivity index (χ3v) is 4.24. The van der Waals surface area contributed by atoms with Crippen LogP contribution < -0.4 is 5.76 Å². The van der Waals surface area contributed by atoms with Gasteiger partial charge in [0.25, 0.3) is 0 Å². The number of likely N-dealkylation sites (tertiary alicyclic amines) is 1. The van der Waals surface area contributed by atoms with Gasteiger partial charge in [-0.15, -0.1) is 0 Å². The number of fused-ring (bicyclic) bond motifs is 1. The number of nitrogens with zero attached hydrogens (tertiary/aromatic N) is 3. The van der Waals surface area contributed by atoms with Gasteiger partial charge in [-0.3, -0.25) is 9.47 Å². The summed E-state index contributed by atoms with van der Waals surface area (Å²) in [5, 5.41) is 3.97. The van der Waals surface area contributed by atoms with Crippen molar-refractivity contribution in [1.82, 2.24) is 14.6 Å². The molecule has 114 valence electrons. The summed E-state index contributed by atoms with van der Waals surface area (Å²) in [4.78, 5) is 14.3. The first kappa shape index (κ1) is 13.3. The molecule has 0 radical (unpaired) electrons. The van der Waals surface area contributed by atoms with Gasteiger partial charge < -0.3 is 8.94 Å². The highest BCUT2D eigenvalue weighted by Gasteiger charge is 2.30. The highest BCUT2D eigenvalue weighted by molar-refractivity contribution is 5.72. The molecule has 3 aromatic rings. The second-order valence-corrected chi connectivity index (χ2v) is 5.75. The lowest BCUT2D eigenvalue weighted by Gasteiger charge is -2.22. The summed E-state index contributed by atoms with van der Waals surface area (Å²) < 4.78 is 12.4. The van der Waals surface area contributed by atoms with Crippen molar-refractivity contribution in [2.24, 2.45) is 0 Å². The number of hydrogen-bond acceptors (Lipinski definition) is 5. The summed E-state index contributed by atoms with van der Waals surface area (Å²) in [6.45, 7) is 3.34. The van der Waals surface area contributed by atoms with Crippen molar-refractivity contribution >= 4 is 11.1 Å². The average Bonchev–Trinajstić information content (AvgIpc) is 3.20. The average molecular weight is 299 g/mol. The number of benzene rings is 1. The summed E-state index contributed by atoms with van der Waals surface area (Å²) in [7, 11) is 0. The van der Waals surface area contributed by atoms with E-state index in [1.54, 1.807) is 4.57 Å². The molecule has 6 nitrogen and oxygen atoms in total. The van der Waals surface area contributed by atoms with E-state index in [1.807, 2.05) is 37.3 Å². The Balaban J connectivity index is 1.67. The zero-order chi connectivity index (χ0) is 15.1. The maximum Gasteiger partial charge on any atom is 0.421 e. The Labute approximate surface area is 126 Å². The second kappa shape index (κ2) is 5.14. The van der Waals surface area contributed by atoms with Gasteiger partial charge in [0.15, 0.2) is 11.3 Å². The largest absolute Gasteiger partial charge is 0.421 e. The number of aromatic nitrogens is 2. The van der Waals surface area contributed by atoms with Crippen LogP contribution in [0.25, 0.3) is 11.1 Å². The van der Waals surface area contributed by atoms with Gasteiger partial charge >= 0.3 is 5.76 Å². The summed E-state index contributed by atoms with van der Waals surface area (Å²) in [5.74, 6) is 0.552. The van der Waals surface area contributed by atoms with Gasteiger partial charge in [0, 0.05) is 12.6 Å². The van der Waals surface area contributed by atoms with Crippen molar-refractivity contribution in [3.05, 3.63) is 52.3 Å². The summed E-state index contributed by atoms with van der Waals surface area (Å²) in [5.41, 5.74) is 2.33. The van der Waals surface area contributed by atoms with Crippen LogP contribution in [0.3, 0.4) is 0 Å². The van der Waals surface area contributed by atoms with Crippen LogP contribution in [0.15, 0.2) is 44.1 Å². The van der Waals surface area contributed by atoms with Crippen LogP contribution in [0.5, 0.6) is 0 Å². The number of rotatable bonds is 3. The van der Waals surface area contributed by atoms with Gasteiger partial charge in [-0.2, -0.15) is 0 Å². The van der Waals surface area contributed by atoms with E-state index in [0.717, 1.165) is 36.4 Å². The van der Waals surface area contributed by atoms with E-state index in [-0.39, 0.29) is 11.8 Å². The summed E-state index contributed by atoms with van der Waals surface area (Å²) in [6, 6.07) is 9.64. The lowest BCUT2D eigenvalue weighted by molar-refractivity contribution is 0.169. The van der Waals surface area contributed by atoms with Gasteiger partial charge in [0.1, 0.15) is 0 Å². The van der Waals surface area contributed by atoms with E-state index in [0.29, 0.717) is 12.3 Å². The van der Waals surface area contributed by atoms with Crippen LogP contribution in [-0.2, 0) is 6.67 Å². The second-order valence-electron chi connectivity index (χ2n) is 5.75. The van der Waals surface area contributed by atoms with Crippen molar-refractivity contribution in [3.63, 3.8) is 0 Å². The van der Waals surface area contributed by atoms with E-state index >= 15 is 0 Å². The Kier molecular flexibility index (Phi) is 3.11. The predicted octanol–water partition coefficient (Wildman–Crippen LogP) is 2.69. The van der Waals surface area contributed by atoms with Crippen LogP contribution >= 0.6 is 0 Å². The lowest BCUT2D eigenvalue weighted by atomic mass is 10.1. The van der Waals surface area contributed by atoms with Crippen molar-refractivity contribution in [2.75, 3.05) is 6.54 Å². The Bertz CT molecular complexity index is 861. The molecule has 1 aliphatic heterocycles. The molecule has 0 spiro atoms. The number of aryl methyl sites for hydroxylation is 1. The van der Waals surface area contributed by atoms with Crippen molar-refractivity contribution in [1.29, 1.82) is 0 Å². The van der Waals surface area contributed by atoms with Gasteiger partial charge in [0.05, 0.1) is 23.9 Å². The van der Waals surface area contributed by atoms with Crippen molar-refractivity contribution < 1.29 is 8.94 Å². The number of oxazole rings is 1. The van der Waals surface area contributed by atoms with E-state index in [2.05, 4.69) is 10.1 Å². The molecule has 1 saturated heterocycles. The van der Waals surface area contributed by atoms with Crippen LogP contribution in [0.1, 0.15) is 30.3 Å². The summed E-state index contributed by atoms with van der Waals surface area (Å²) in [6.07, 6.45) is 2.09. The third kappa shape index (κ3) is 2.16. The van der Waals surface area contributed by atoms with E-state index in [4.69, 9.17) is 8.94 Å². The first-order chi connectivity index (χ1) is 10.7. The minimum absolute atomic E-state index is 0.168. The first-order valence-electron chi connectivity index (χ1n) is 7.48. The molecule has 0 N–H and O–H groups in total. The first-order valence-corrected chi connectivity index (χ1v) is 7.48. The van der Waals surface area contributed by atoms with E-state index in [9.17, 15) is 4.79 Å². The fourth-order valence-corrected chi connectivity index (χ4v) is 3.19. The van der Waals surface area contributed by atoms with E-state index in [1.165, 1.54) is 0 Å². The molecule has 0 unspecified atom stereocenters. The molecule has 1 aromatic carbocycles. The Morgan fingerprint density at radius 1 is 1.36 bits per heavy atom. The Hall–Kier alpha value is -2.34. The van der Waals surface area contributed by atoms with Crippen molar-refractivity contribution in [3.8, 4) is 0 Å². The van der Waals surface area contributed by atoms with Crippen LogP contribution in [0.2, 0.25) is 0 Å². The molecule has 0 aliphatic carbocycles. The third-order valence-electron chi connectivity index (χ3n) is 4.24. The fraction of sp³-hybridized carbons (Fsp3) is 0.375. The molecule has 4 rings (SSSR count). The smallest absolute Gasteiger partial charge is 0.408 e. The Morgan fingerprint density at radius 2 is 2.23 bits per heavy atom. The standard InChI is InChI=1S/C16H17N3O3/c1-11-9-15(22-17-11)12-6-4-8-18(12)10-19-13-5-2-3-7-14(13)21-16(19)20/h2-3,5,7,9,12H,4,6,8,10H2,1H3/t12-/m0/s1. The molecule has 1 aliphatic rings. The van der Waals surface area contributed by atoms with Crippen molar-refractivity contribution in [2.45, 2.75) is 32.5 Å². The highest BCUT2D eigenvalue weighted by Crippen LogP contribution is 2.32. The normalized spacial score (nSPS) is 19.2. The van der Waals surface area contributed by atoms with Gasteiger partial charge in [0.2, 0.25) is 0 Å². The minimum atomic E-state index is -0.319. The topological polar surface area (TPSA) is 64.4 Å². The SMILES string of the molecule is Cc1cc([C@@H]2CCCN2Cn2c(=O)oc3ccccc32)on1. The van der Waals surface area contributed by atoms with E-state index < -0.39 is 0 Å². The fourth-order valence-electron chi connectivity index (χ4n) is 3.19. The van der Waals surface area contributed by atoms with Crippen LogP contribution in [0.4, 0.5) is 0 Å². The molecule has 0 bridgehead atoms. The monoisotopic (exact) mass is 299 g/mol. The van der Waals surface area contributed by atoms with Gasteiger partial charge in [-0.25, -0.2) is 4.79 Å². The number of hydrogen-bond donors (Lipinski definition) is 0. The molecule has 2 aromatic heterocycles.